The van der Waals surface area contributed by atoms with Crippen molar-refractivity contribution in [3.8, 4) is 0 Å². The van der Waals surface area contributed by atoms with E-state index >= 15 is 0 Å². The lowest BCUT2D eigenvalue weighted by atomic mass is 9.98. The molecule has 1 aliphatic heterocycles. The van der Waals surface area contributed by atoms with Crippen molar-refractivity contribution in [3.63, 3.8) is 0 Å². The van der Waals surface area contributed by atoms with Gasteiger partial charge in [0.05, 0.1) is 25.4 Å². The van der Waals surface area contributed by atoms with E-state index in [1.54, 1.807) is 0 Å². The van der Waals surface area contributed by atoms with Gasteiger partial charge in [-0.15, -0.1) is 0 Å². The van der Waals surface area contributed by atoms with Crippen LogP contribution in [-0.2, 0) is 14.3 Å². The van der Waals surface area contributed by atoms with E-state index in [-0.39, 0.29) is 6.42 Å². The maximum absolute atomic E-state index is 13.1. The molecule has 0 aliphatic carbocycles. The van der Waals surface area contributed by atoms with Crippen LogP contribution >= 0.6 is 0 Å². The number of aliphatic hydroxyl groups is 7. The fraction of sp³-hybridized carbons (Fsp3) is 0.942. The normalized spacial score (nSPS) is 21.2. The Bertz CT molecular complexity index is 1030. The number of carbonyl (C=O) groups is 1. The Hall–Kier alpha value is -1.15. The van der Waals surface area contributed by atoms with Crippen molar-refractivity contribution >= 4 is 5.91 Å². The third-order valence-corrected chi connectivity index (χ3v) is 13.1. The second-order valence-electron chi connectivity index (χ2n) is 19.0. The highest BCUT2D eigenvalue weighted by molar-refractivity contribution is 5.80. The fourth-order valence-electron chi connectivity index (χ4n) is 8.67. The average Bonchev–Trinajstić information content (AvgIpc) is 3.28. The van der Waals surface area contributed by atoms with Crippen LogP contribution in [0.15, 0.2) is 12.2 Å². The number of aliphatic hydroxyl groups excluding tert-OH is 7. The first-order chi connectivity index (χ1) is 30.7. The van der Waals surface area contributed by atoms with Gasteiger partial charge in [0, 0.05) is 0 Å². The lowest BCUT2D eigenvalue weighted by Crippen LogP contribution is -2.60. The summed E-state index contributed by atoms with van der Waals surface area (Å²) in [6.45, 7) is 3.47. The first-order valence-corrected chi connectivity index (χ1v) is 26.6. The highest BCUT2D eigenvalue weighted by Crippen LogP contribution is 2.23. The van der Waals surface area contributed by atoms with Gasteiger partial charge >= 0.3 is 0 Å². The third-order valence-electron chi connectivity index (χ3n) is 13.1. The summed E-state index contributed by atoms with van der Waals surface area (Å²) < 4.78 is 11.1. The van der Waals surface area contributed by atoms with Crippen molar-refractivity contribution in [1.82, 2.24) is 5.32 Å². The van der Waals surface area contributed by atoms with E-state index in [4.69, 9.17) is 9.47 Å². The predicted molar refractivity (Wildman–Crippen MR) is 256 cm³/mol. The molecule has 1 aliphatic rings. The van der Waals surface area contributed by atoms with E-state index < -0.39 is 74.2 Å². The highest BCUT2D eigenvalue weighted by atomic mass is 16.7. The van der Waals surface area contributed by atoms with Gasteiger partial charge in [0.15, 0.2) is 6.29 Å². The molecule has 1 heterocycles. The number of nitrogens with one attached hydrogen (secondary N) is 1. The monoisotopic (exact) mass is 900 g/mol. The van der Waals surface area contributed by atoms with Gasteiger partial charge in [-0.25, -0.2) is 0 Å². The second kappa shape index (κ2) is 42.2. The Morgan fingerprint density at radius 2 is 0.921 bits per heavy atom. The lowest BCUT2D eigenvalue weighted by molar-refractivity contribution is -0.303. The first kappa shape index (κ1) is 59.9. The fourth-order valence-corrected chi connectivity index (χ4v) is 8.67. The Kier molecular flexibility index (Phi) is 40.1. The number of ether oxygens (including phenoxy) is 2. The van der Waals surface area contributed by atoms with Crippen molar-refractivity contribution in [2.45, 2.75) is 300 Å². The van der Waals surface area contributed by atoms with Crippen molar-refractivity contribution in [2.24, 2.45) is 0 Å². The molecule has 0 aromatic carbocycles. The number of carbonyl (C=O) groups excluding carboxylic acids is 1. The number of hydrogen-bond donors (Lipinski definition) is 8. The van der Waals surface area contributed by atoms with E-state index in [1.807, 2.05) is 0 Å². The summed E-state index contributed by atoms with van der Waals surface area (Å²) in [6, 6.07) is -1.17. The Morgan fingerprint density at radius 1 is 0.540 bits per heavy atom. The maximum Gasteiger partial charge on any atom is 0.249 e. The van der Waals surface area contributed by atoms with E-state index in [1.165, 1.54) is 154 Å². The molecule has 0 saturated carbocycles. The summed E-state index contributed by atoms with van der Waals surface area (Å²) in [5, 5.41) is 76.0. The molecule has 8 N–H and O–H groups in total. The maximum atomic E-state index is 13.1. The van der Waals surface area contributed by atoms with Gasteiger partial charge in [-0.2, -0.15) is 0 Å². The largest absolute Gasteiger partial charge is 0.394 e. The molecule has 63 heavy (non-hydrogen) atoms. The Morgan fingerprint density at radius 3 is 1.33 bits per heavy atom. The van der Waals surface area contributed by atoms with Crippen LogP contribution in [0.25, 0.3) is 0 Å². The third kappa shape index (κ3) is 31.5. The van der Waals surface area contributed by atoms with Crippen molar-refractivity contribution in [1.29, 1.82) is 0 Å². The van der Waals surface area contributed by atoms with Gasteiger partial charge < -0.3 is 50.5 Å². The molecule has 0 bridgehead atoms. The first-order valence-electron chi connectivity index (χ1n) is 26.6. The van der Waals surface area contributed by atoms with Crippen LogP contribution in [0.4, 0.5) is 0 Å². The summed E-state index contributed by atoms with van der Waals surface area (Å²) >= 11 is 0. The van der Waals surface area contributed by atoms with Crippen LogP contribution in [0.2, 0.25) is 0 Å². The predicted octanol–water partition coefficient (Wildman–Crippen LogP) is 10.0. The van der Waals surface area contributed by atoms with Crippen molar-refractivity contribution in [3.05, 3.63) is 12.2 Å². The van der Waals surface area contributed by atoms with Gasteiger partial charge in [-0.1, -0.05) is 219 Å². The molecule has 0 aromatic rings. The molecule has 1 amide bonds. The SMILES string of the molecule is CCCCCCCCCC/C=C\CCCCCCCCC(O)C(=O)NC(COC1OC(CO)C(O)C(O)C1O)C(O)C(O)CCCCCCCCCCCCCCCCCCCC. The number of hydrogen-bond acceptors (Lipinski definition) is 10. The van der Waals surface area contributed by atoms with E-state index in [0.29, 0.717) is 19.3 Å². The molecule has 11 heteroatoms. The van der Waals surface area contributed by atoms with Gasteiger partial charge in [-0.05, 0) is 38.5 Å². The van der Waals surface area contributed by atoms with Gasteiger partial charge in [0.2, 0.25) is 5.91 Å². The van der Waals surface area contributed by atoms with Crippen LogP contribution < -0.4 is 5.32 Å². The zero-order valence-electron chi connectivity index (χ0n) is 40.6. The lowest BCUT2D eigenvalue weighted by Gasteiger charge is -2.40. The van der Waals surface area contributed by atoms with Gasteiger partial charge in [-0.3, -0.25) is 4.79 Å². The molecular formula is C52H101NO10. The average molecular weight is 900 g/mol. The smallest absolute Gasteiger partial charge is 0.249 e. The standard InChI is InChI=1S/C52H101NO10/c1-3-5-7-9-11-13-15-17-19-21-23-25-27-29-31-33-35-37-39-44(55)47(57)43(42-62-52-50(60)49(59)48(58)46(41-54)63-52)53-51(61)45(56)40-38-36-34-32-30-28-26-24-22-20-18-16-14-12-10-8-6-4-2/h22,24,43-50,52,54-60H,3-21,23,25-42H2,1-2H3,(H,53,61)/b24-22-. The number of allylic oxidation sites excluding steroid dienone is 2. The molecule has 0 aromatic heterocycles. The zero-order valence-corrected chi connectivity index (χ0v) is 40.6. The number of rotatable bonds is 45. The molecule has 0 spiro atoms. The van der Waals surface area contributed by atoms with Crippen LogP contribution in [0.3, 0.4) is 0 Å². The van der Waals surface area contributed by atoms with Crippen LogP contribution in [-0.4, -0.2) is 110 Å². The van der Waals surface area contributed by atoms with Crippen LogP contribution in [0.1, 0.15) is 245 Å². The minimum atomic E-state index is -1.66. The molecule has 1 rings (SSSR count). The molecule has 374 valence electrons. The van der Waals surface area contributed by atoms with Crippen LogP contribution in [0, 0.1) is 0 Å². The molecule has 9 atom stereocenters. The quantitative estimate of drug-likeness (QED) is 0.0216. The second-order valence-corrected chi connectivity index (χ2v) is 19.0. The van der Waals surface area contributed by atoms with E-state index in [2.05, 4.69) is 31.3 Å². The van der Waals surface area contributed by atoms with E-state index in [0.717, 1.165) is 51.4 Å². The summed E-state index contributed by atoms with van der Waals surface area (Å²) in [6.07, 6.45) is 35.3. The highest BCUT2D eigenvalue weighted by Gasteiger charge is 2.44. The number of amides is 1. The minimum Gasteiger partial charge on any atom is -0.394 e. The molecule has 1 fully saturated rings. The summed E-state index contributed by atoms with van der Waals surface area (Å²) in [4.78, 5) is 13.1. The summed E-state index contributed by atoms with van der Waals surface area (Å²) in [7, 11) is 0. The Labute approximate surface area is 385 Å². The molecule has 9 unspecified atom stereocenters. The van der Waals surface area contributed by atoms with Crippen molar-refractivity contribution in [2.75, 3.05) is 13.2 Å². The Balaban J connectivity index is 2.38. The number of unbranched alkanes of at least 4 members (excludes halogenated alkanes) is 31. The van der Waals surface area contributed by atoms with Gasteiger partial charge in [0.1, 0.15) is 36.6 Å². The summed E-state index contributed by atoms with van der Waals surface area (Å²) in [5.41, 5.74) is 0. The van der Waals surface area contributed by atoms with Crippen LogP contribution in [0.5, 0.6) is 0 Å². The summed E-state index contributed by atoms with van der Waals surface area (Å²) in [5.74, 6) is -0.699. The molecule has 0 radical (unpaired) electrons. The van der Waals surface area contributed by atoms with Gasteiger partial charge in [0.25, 0.3) is 0 Å². The molecule has 11 nitrogen and oxygen atoms in total. The zero-order chi connectivity index (χ0) is 46.2. The minimum absolute atomic E-state index is 0.256. The topological polar surface area (TPSA) is 189 Å². The molecular weight excluding hydrogens is 799 g/mol. The van der Waals surface area contributed by atoms with E-state index in [9.17, 15) is 40.5 Å². The molecule has 1 saturated heterocycles. The van der Waals surface area contributed by atoms with Crippen molar-refractivity contribution < 1.29 is 50.0 Å².